The van der Waals surface area contributed by atoms with Crippen LogP contribution in [-0.4, -0.2) is 31.3 Å². The summed E-state index contributed by atoms with van der Waals surface area (Å²) in [5.41, 5.74) is -0.296. The molecule has 0 saturated heterocycles. The highest BCUT2D eigenvalue weighted by atomic mass is 35.5. The van der Waals surface area contributed by atoms with Gasteiger partial charge in [-0.3, -0.25) is 19.6 Å². The van der Waals surface area contributed by atoms with Gasteiger partial charge in [0.1, 0.15) is 10.7 Å². The van der Waals surface area contributed by atoms with E-state index in [0.29, 0.717) is 5.76 Å². The van der Waals surface area contributed by atoms with Gasteiger partial charge in [-0.2, -0.15) is 0 Å². The average molecular weight is 508 g/mol. The summed E-state index contributed by atoms with van der Waals surface area (Å²) in [6, 6.07) is 11.6. The second-order valence-electron chi connectivity index (χ2n) is 6.90. The molecule has 2 aromatic carbocycles. The van der Waals surface area contributed by atoms with Gasteiger partial charge in [0.25, 0.3) is 21.6 Å². The summed E-state index contributed by atoms with van der Waals surface area (Å²) < 4.78 is 37.7. The molecule has 0 aliphatic rings. The van der Waals surface area contributed by atoms with Crippen molar-refractivity contribution in [1.29, 1.82) is 0 Å². The quantitative estimate of drug-likeness (QED) is 0.253. The normalized spacial score (nSPS) is 11.9. The van der Waals surface area contributed by atoms with Crippen molar-refractivity contribution in [1.82, 2.24) is 5.32 Å². The molecule has 3 rings (SSSR count). The van der Waals surface area contributed by atoms with E-state index in [-0.39, 0.29) is 22.8 Å². The van der Waals surface area contributed by atoms with Crippen LogP contribution in [0.15, 0.2) is 70.2 Å². The number of amides is 1. The number of rotatable bonds is 9. The highest BCUT2D eigenvalue weighted by molar-refractivity contribution is 7.92. The number of nitrogens with zero attached hydrogens (tertiary/aromatic N) is 1. The van der Waals surface area contributed by atoms with Crippen molar-refractivity contribution in [2.75, 3.05) is 4.72 Å². The zero-order chi connectivity index (χ0) is 24.9. The number of carbonyl (C=O) groups excluding carboxylic acids is 2. The van der Waals surface area contributed by atoms with Crippen LogP contribution in [0, 0.1) is 10.1 Å². The van der Waals surface area contributed by atoms with Gasteiger partial charge in [0.05, 0.1) is 28.3 Å². The lowest BCUT2D eigenvalue weighted by molar-refractivity contribution is -0.385. The molecule has 178 valence electrons. The molecular weight excluding hydrogens is 490 g/mol. The molecular formula is C21H18ClN3O8S. The van der Waals surface area contributed by atoms with Crippen molar-refractivity contribution in [3.8, 4) is 0 Å². The maximum atomic E-state index is 12.6. The van der Waals surface area contributed by atoms with Gasteiger partial charge in [0, 0.05) is 17.8 Å². The third kappa shape index (κ3) is 6.11. The van der Waals surface area contributed by atoms with Crippen molar-refractivity contribution in [2.45, 2.75) is 24.5 Å². The largest absolute Gasteiger partial charge is 0.467 e. The van der Waals surface area contributed by atoms with Crippen molar-refractivity contribution in [3.05, 3.63) is 87.3 Å². The summed E-state index contributed by atoms with van der Waals surface area (Å²) in [6.07, 6.45) is 0.379. The standard InChI is InChI=1S/C21H18ClN3O8S/c1-13(20(26)23-12-17-3-2-10-32-17)33-21(27)14-4-6-15(7-5-14)24-34(30,31)19-11-16(25(28)29)8-9-18(19)22/h2-11,13,24H,12H2,1H3,(H,23,26)/t13-/m1/s1. The molecule has 1 atom stereocenters. The van der Waals surface area contributed by atoms with E-state index in [9.17, 15) is 28.1 Å². The number of halogens is 1. The number of nitro groups is 1. The second-order valence-corrected chi connectivity index (χ2v) is 8.96. The number of anilines is 1. The maximum absolute atomic E-state index is 12.6. The van der Waals surface area contributed by atoms with Gasteiger partial charge in [0.15, 0.2) is 6.10 Å². The summed E-state index contributed by atoms with van der Waals surface area (Å²) in [7, 11) is -4.25. The Morgan fingerprint density at radius 1 is 1.18 bits per heavy atom. The molecule has 1 heterocycles. The first-order valence-electron chi connectivity index (χ1n) is 9.65. The highest BCUT2D eigenvalue weighted by Gasteiger charge is 2.23. The third-order valence-electron chi connectivity index (χ3n) is 4.46. The molecule has 2 N–H and O–H groups in total. The molecule has 13 heteroatoms. The van der Waals surface area contributed by atoms with Crippen LogP contribution in [0.4, 0.5) is 11.4 Å². The summed E-state index contributed by atoms with van der Waals surface area (Å²) in [5.74, 6) is -0.781. The zero-order valence-corrected chi connectivity index (χ0v) is 19.1. The maximum Gasteiger partial charge on any atom is 0.338 e. The molecule has 0 aliphatic carbocycles. The van der Waals surface area contributed by atoms with Crippen LogP contribution in [-0.2, 0) is 26.1 Å². The summed E-state index contributed by atoms with van der Waals surface area (Å²) >= 11 is 5.90. The van der Waals surface area contributed by atoms with Gasteiger partial charge in [0.2, 0.25) is 0 Å². The van der Waals surface area contributed by atoms with Crippen molar-refractivity contribution >= 4 is 44.9 Å². The van der Waals surface area contributed by atoms with Gasteiger partial charge in [-0.1, -0.05) is 11.6 Å². The number of esters is 1. The first kappa shape index (κ1) is 24.7. The third-order valence-corrected chi connectivity index (χ3v) is 6.32. The minimum absolute atomic E-state index is 0.0713. The second kappa shape index (κ2) is 10.4. The first-order valence-corrected chi connectivity index (χ1v) is 11.5. The first-order chi connectivity index (χ1) is 16.1. The van der Waals surface area contributed by atoms with Crippen LogP contribution < -0.4 is 10.0 Å². The minimum Gasteiger partial charge on any atom is -0.467 e. The number of sulfonamides is 1. The molecule has 1 aromatic heterocycles. The number of benzene rings is 2. The fourth-order valence-corrected chi connectivity index (χ4v) is 4.29. The SMILES string of the molecule is C[C@@H](OC(=O)c1ccc(NS(=O)(=O)c2cc([N+](=O)[O-])ccc2Cl)cc1)C(=O)NCc1ccco1. The Labute approximate surface area is 198 Å². The molecule has 0 radical (unpaired) electrons. The number of furan rings is 1. The highest BCUT2D eigenvalue weighted by Crippen LogP contribution is 2.28. The number of carbonyl (C=O) groups is 2. The van der Waals surface area contributed by atoms with Gasteiger partial charge < -0.3 is 14.5 Å². The van der Waals surface area contributed by atoms with Crippen LogP contribution in [0.1, 0.15) is 23.0 Å². The zero-order valence-electron chi connectivity index (χ0n) is 17.6. The lowest BCUT2D eigenvalue weighted by atomic mass is 10.2. The Hall–Kier alpha value is -3.90. The average Bonchev–Trinajstić information content (AvgIpc) is 3.31. The van der Waals surface area contributed by atoms with Gasteiger partial charge in [-0.05, 0) is 49.4 Å². The van der Waals surface area contributed by atoms with E-state index in [1.807, 2.05) is 0 Å². The minimum atomic E-state index is -4.25. The number of non-ortho nitro benzene ring substituents is 1. The molecule has 3 aromatic rings. The predicted octanol–water partition coefficient (Wildman–Crippen LogP) is 3.50. The fraction of sp³-hybridized carbons (Fsp3) is 0.143. The number of ether oxygens (including phenoxy) is 1. The Kier molecular flexibility index (Phi) is 7.54. The monoisotopic (exact) mass is 507 g/mol. The smallest absolute Gasteiger partial charge is 0.338 e. The van der Waals surface area contributed by atoms with E-state index in [2.05, 4.69) is 10.0 Å². The molecule has 1 amide bonds. The molecule has 0 saturated carbocycles. The summed E-state index contributed by atoms with van der Waals surface area (Å²) in [6.45, 7) is 1.54. The number of nitro benzene ring substituents is 1. The number of nitrogens with one attached hydrogen (secondary N) is 2. The summed E-state index contributed by atoms with van der Waals surface area (Å²) in [4.78, 5) is 34.1. The van der Waals surface area contributed by atoms with Gasteiger partial charge in [-0.15, -0.1) is 0 Å². The molecule has 0 bridgehead atoms. The lowest BCUT2D eigenvalue weighted by Crippen LogP contribution is -2.35. The molecule has 0 spiro atoms. The Bertz CT molecular complexity index is 1310. The van der Waals surface area contributed by atoms with E-state index in [4.69, 9.17) is 20.8 Å². The van der Waals surface area contributed by atoms with Crippen LogP contribution in [0.3, 0.4) is 0 Å². The van der Waals surface area contributed by atoms with Gasteiger partial charge >= 0.3 is 5.97 Å². The summed E-state index contributed by atoms with van der Waals surface area (Å²) in [5, 5.41) is 13.3. The van der Waals surface area contributed by atoms with E-state index >= 15 is 0 Å². The Morgan fingerprint density at radius 2 is 1.88 bits per heavy atom. The van der Waals surface area contributed by atoms with Crippen LogP contribution in [0.2, 0.25) is 5.02 Å². The topological polar surface area (TPSA) is 158 Å². The Balaban J connectivity index is 1.63. The molecule has 34 heavy (non-hydrogen) atoms. The predicted molar refractivity (Wildman–Crippen MR) is 121 cm³/mol. The van der Waals surface area contributed by atoms with Crippen LogP contribution in [0.25, 0.3) is 0 Å². The van der Waals surface area contributed by atoms with Gasteiger partial charge in [-0.25, -0.2) is 13.2 Å². The van der Waals surface area contributed by atoms with E-state index in [0.717, 1.165) is 18.2 Å². The van der Waals surface area contributed by atoms with Crippen molar-refractivity contribution in [2.24, 2.45) is 0 Å². The number of hydrogen-bond acceptors (Lipinski definition) is 8. The molecule has 0 unspecified atom stereocenters. The van der Waals surface area contributed by atoms with Crippen molar-refractivity contribution < 1.29 is 32.1 Å². The van der Waals surface area contributed by atoms with E-state index in [1.165, 1.54) is 37.5 Å². The molecule has 0 fully saturated rings. The number of hydrogen-bond donors (Lipinski definition) is 2. The lowest BCUT2D eigenvalue weighted by Gasteiger charge is -2.13. The van der Waals surface area contributed by atoms with Crippen molar-refractivity contribution in [3.63, 3.8) is 0 Å². The molecule has 11 nitrogen and oxygen atoms in total. The van der Waals surface area contributed by atoms with Crippen LogP contribution >= 0.6 is 11.6 Å². The Morgan fingerprint density at radius 3 is 2.50 bits per heavy atom. The molecule has 0 aliphatic heterocycles. The van der Waals surface area contributed by atoms with E-state index < -0.39 is 43.5 Å². The fourth-order valence-electron chi connectivity index (χ4n) is 2.71. The van der Waals surface area contributed by atoms with Crippen LogP contribution in [0.5, 0.6) is 0 Å². The van der Waals surface area contributed by atoms with E-state index in [1.54, 1.807) is 12.1 Å².